The number of hydrogen-bond acceptors (Lipinski definition) is 4. The van der Waals surface area contributed by atoms with Crippen LogP contribution in [-0.2, 0) is 16.4 Å². The molecule has 2 aromatic rings. The molecular formula is C24H30F3N3OS. The monoisotopic (exact) mass is 465 g/mol. The van der Waals surface area contributed by atoms with Gasteiger partial charge in [-0.2, -0.15) is 13.2 Å². The van der Waals surface area contributed by atoms with E-state index in [1.807, 2.05) is 36.2 Å². The topological polar surface area (TPSA) is 35.6 Å². The molecule has 0 aliphatic carbocycles. The van der Waals surface area contributed by atoms with Crippen molar-refractivity contribution in [2.24, 2.45) is 0 Å². The summed E-state index contributed by atoms with van der Waals surface area (Å²) >= 11 is 1.36. The molecule has 1 heterocycles. The molecule has 4 nitrogen and oxygen atoms in total. The number of rotatable bonds is 5. The van der Waals surface area contributed by atoms with Crippen molar-refractivity contribution < 1.29 is 18.0 Å². The van der Waals surface area contributed by atoms with E-state index in [-0.39, 0.29) is 22.8 Å². The van der Waals surface area contributed by atoms with Crippen molar-refractivity contribution in [1.29, 1.82) is 0 Å². The second-order valence-corrected chi connectivity index (χ2v) is 10.2. The minimum absolute atomic E-state index is 0.0454. The molecule has 1 amide bonds. The van der Waals surface area contributed by atoms with Crippen molar-refractivity contribution in [2.45, 2.75) is 37.3 Å². The van der Waals surface area contributed by atoms with Gasteiger partial charge in [0, 0.05) is 31.1 Å². The second-order valence-electron chi connectivity index (χ2n) is 9.13. The van der Waals surface area contributed by atoms with Crippen molar-refractivity contribution in [2.75, 3.05) is 49.2 Å². The van der Waals surface area contributed by atoms with Crippen LogP contribution in [0.3, 0.4) is 0 Å². The zero-order valence-corrected chi connectivity index (χ0v) is 19.7. The molecule has 0 radical (unpaired) electrons. The fraction of sp³-hybridized carbons (Fsp3) is 0.458. The zero-order chi connectivity index (χ0) is 23.5. The standard InChI is InChI=1S/C24H30F3N3OS/c1-23(2,3)17-5-8-19(9-6-17)32-16-22(31)28-20-15-18(24(25,26)27)7-10-21(20)30-13-11-29(4)12-14-30/h5-10,15H,11-14,16H2,1-4H3,(H,28,31). The van der Waals surface area contributed by atoms with Crippen LogP contribution in [0.4, 0.5) is 24.5 Å². The number of anilines is 2. The molecule has 1 fully saturated rings. The predicted octanol–water partition coefficient (Wildman–Crippen LogP) is 5.49. The van der Waals surface area contributed by atoms with Crippen LogP contribution in [0.1, 0.15) is 31.9 Å². The number of likely N-dealkylation sites (N-methyl/N-ethyl adjacent to an activating group) is 1. The summed E-state index contributed by atoms with van der Waals surface area (Å²) in [4.78, 5) is 17.8. The molecule has 1 N–H and O–H groups in total. The summed E-state index contributed by atoms with van der Waals surface area (Å²) < 4.78 is 39.8. The van der Waals surface area contributed by atoms with Crippen LogP contribution >= 0.6 is 11.8 Å². The number of halogens is 3. The van der Waals surface area contributed by atoms with Gasteiger partial charge in [0.25, 0.3) is 0 Å². The third-order valence-corrected chi connectivity index (χ3v) is 6.54. The third-order valence-electron chi connectivity index (χ3n) is 5.53. The number of carbonyl (C=O) groups is 1. The van der Waals surface area contributed by atoms with Crippen LogP contribution in [0, 0.1) is 0 Å². The SMILES string of the molecule is CN1CCN(c2ccc(C(F)(F)F)cc2NC(=O)CSc2ccc(C(C)(C)C)cc2)CC1. The Labute approximate surface area is 192 Å². The van der Waals surface area contributed by atoms with Gasteiger partial charge in [-0.1, -0.05) is 32.9 Å². The van der Waals surface area contributed by atoms with Gasteiger partial charge < -0.3 is 15.1 Å². The van der Waals surface area contributed by atoms with E-state index < -0.39 is 11.7 Å². The fourth-order valence-electron chi connectivity index (χ4n) is 3.52. The lowest BCUT2D eigenvalue weighted by molar-refractivity contribution is -0.137. The van der Waals surface area contributed by atoms with Crippen molar-refractivity contribution in [3.8, 4) is 0 Å². The van der Waals surface area contributed by atoms with Crippen molar-refractivity contribution >= 4 is 29.0 Å². The Morgan fingerprint density at radius 2 is 1.56 bits per heavy atom. The van der Waals surface area contributed by atoms with Gasteiger partial charge in [0.1, 0.15) is 0 Å². The Balaban J connectivity index is 1.72. The number of nitrogens with zero attached hydrogens (tertiary/aromatic N) is 2. The molecule has 0 saturated carbocycles. The molecule has 2 aromatic carbocycles. The van der Waals surface area contributed by atoms with Crippen molar-refractivity contribution in [1.82, 2.24) is 4.90 Å². The molecule has 0 unspecified atom stereocenters. The second kappa shape index (κ2) is 9.75. The third kappa shape index (κ3) is 6.42. The number of amides is 1. The van der Waals surface area contributed by atoms with Crippen LogP contribution in [0.2, 0.25) is 0 Å². The first kappa shape index (κ1) is 24.5. The maximum absolute atomic E-state index is 13.3. The Kier molecular flexibility index (Phi) is 7.45. The Morgan fingerprint density at radius 1 is 0.969 bits per heavy atom. The van der Waals surface area contributed by atoms with E-state index in [0.29, 0.717) is 18.8 Å². The quantitative estimate of drug-likeness (QED) is 0.593. The lowest BCUT2D eigenvalue weighted by atomic mass is 9.87. The highest BCUT2D eigenvalue weighted by Gasteiger charge is 2.32. The van der Waals surface area contributed by atoms with Crippen LogP contribution in [0.25, 0.3) is 0 Å². The van der Waals surface area contributed by atoms with Crippen molar-refractivity contribution in [3.05, 3.63) is 53.6 Å². The average Bonchev–Trinajstić information content (AvgIpc) is 2.72. The van der Waals surface area contributed by atoms with Crippen LogP contribution < -0.4 is 10.2 Å². The van der Waals surface area contributed by atoms with Crippen molar-refractivity contribution in [3.63, 3.8) is 0 Å². The maximum Gasteiger partial charge on any atom is 0.416 e. The summed E-state index contributed by atoms with van der Waals surface area (Å²) in [5, 5.41) is 2.72. The van der Waals surface area contributed by atoms with Gasteiger partial charge >= 0.3 is 6.18 Å². The summed E-state index contributed by atoms with van der Waals surface area (Å²) in [7, 11) is 2.01. The summed E-state index contributed by atoms with van der Waals surface area (Å²) in [6, 6.07) is 11.6. The first-order chi connectivity index (χ1) is 14.9. The lowest BCUT2D eigenvalue weighted by Gasteiger charge is -2.35. The van der Waals surface area contributed by atoms with E-state index in [1.54, 1.807) is 0 Å². The molecule has 0 bridgehead atoms. The highest BCUT2D eigenvalue weighted by Crippen LogP contribution is 2.36. The molecule has 1 saturated heterocycles. The molecule has 0 aromatic heterocycles. The molecule has 1 aliphatic heterocycles. The highest BCUT2D eigenvalue weighted by molar-refractivity contribution is 8.00. The highest BCUT2D eigenvalue weighted by atomic mass is 32.2. The molecule has 1 aliphatic rings. The molecule has 32 heavy (non-hydrogen) atoms. The van der Waals surface area contributed by atoms with E-state index in [9.17, 15) is 18.0 Å². The maximum atomic E-state index is 13.3. The van der Waals surface area contributed by atoms with Gasteiger partial charge in [0.2, 0.25) is 5.91 Å². The molecular weight excluding hydrogens is 435 g/mol. The largest absolute Gasteiger partial charge is 0.416 e. The minimum atomic E-state index is -4.47. The summed E-state index contributed by atoms with van der Waals surface area (Å²) in [6.07, 6.45) is -4.47. The van der Waals surface area contributed by atoms with E-state index in [0.717, 1.165) is 30.1 Å². The van der Waals surface area contributed by atoms with E-state index in [4.69, 9.17) is 0 Å². The van der Waals surface area contributed by atoms with E-state index in [1.165, 1.54) is 23.4 Å². The van der Waals surface area contributed by atoms with Gasteiger partial charge in [-0.15, -0.1) is 11.8 Å². The number of thioether (sulfide) groups is 1. The Hall–Kier alpha value is -2.19. The number of nitrogens with one attached hydrogen (secondary N) is 1. The average molecular weight is 466 g/mol. The predicted molar refractivity (Wildman–Crippen MR) is 126 cm³/mol. The molecule has 0 spiro atoms. The minimum Gasteiger partial charge on any atom is -0.367 e. The molecule has 174 valence electrons. The lowest BCUT2D eigenvalue weighted by Crippen LogP contribution is -2.44. The molecule has 3 rings (SSSR count). The normalized spacial score (nSPS) is 15.7. The zero-order valence-electron chi connectivity index (χ0n) is 18.9. The number of hydrogen-bond donors (Lipinski definition) is 1. The van der Waals surface area contributed by atoms with Crippen LogP contribution in [-0.4, -0.2) is 49.8 Å². The summed E-state index contributed by atoms with van der Waals surface area (Å²) in [6.45, 7) is 9.42. The van der Waals surface area contributed by atoms with Crippen LogP contribution in [0.15, 0.2) is 47.4 Å². The Bertz CT molecular complexity index is 931. The first-order valence-electron chi connectivity index (χ1n) is 10.6. The first-order valence-corrected chi connectivity index (χ1v) is 11.6. The molecule has 8 heteroatoms. The number of piperazine rings is 1. The Morgan fingerprint density at radius 3 is 2.12 bits per heavy atom. The van der Waals surface area contributed by atoms with E-state index in [2.05, 4.69) is 31.0 Å². The van der Waals surface area contributed by atoms with Gasteiger partial charge in [-0.05, 0) is 48.4 Å². The van der Waals surface area contributed by atoms with Gasteiger partial charge in [0.05, 0.1) is 22.7 Å². The summed E-state index contributed by atoms with van der Waals surface area (Å²) in [5.41, 5.74) is 1.31. The molecule has 0 atom stereocenters. The van der Waals surface area contributed by atoms with Gasteiger partial charge in [0.15, 0.2) is 0 Å². The number of carbonyl (C=O) groups excluding carboxylic acids is 1. The van der Waals surface area contributed by atoms with Gasteiger partial charge in [-0.3, -0.25) is 4.79 Å². The summed E-state index contributed by atoms with van der Waals surface area (Å²) in [5.74, 6) is -0.211. The van der Waals surface area contributed by atoms with Crippen LogP contribution in [0.5, 0.6) is 0 Å². The van der Waals surface area contributed by atoms with E-state index >= 15 is 0 Å². The number of alkyl halides is 3. The number of benzene rings is 2. The smallest absolute Gasteiger partial charge is 0.367 e. The fourth-order valence-corrected chi connectivity index (χ4v) is 4.22. The van der Waals surface area contributed by atoms with Gasteiger partial charge in [-0.25, -0.2) is 0 Å².